The molecule has 2 fully saturated rings. The zero-order chi connectivity index (χ0) is 10.7. The lowest BCUT2D eigenvalue weighted by Crippen LogP contribution is -1.98. The minimum atomic E-state index is -0.167. The van der Waals surface area contributed by atoms with E-state index in [0.29, 0.717) is 12.5 Å². The van der Waals surface area contributed by atoms with E-state index in [-0.39, 0.29) is 12.1 Å². The van der Waals surface area contributed by atoms with Crippen molar-refractivity contribution >= 4 is 5.97 Å². The molecule has 0 bridgehead atoms. The number of hydrogen-bond donors (Lipinski definition) is 0. The fourth-order valence-electron chi connectivity index (χ4n) is 2.47. The van der Waals surface area contributed by atoms with Crippen LogP contribution >= 0.6 is 0 Å². The number of cyclic esters (lactones) is 1. The van der Waals surface area contributed by atoms with Crippen molar-refractivity contribution < 1.29 is 14.3 Å². The van der Waals surface area contributed by atoms with E-state index in [4.69, 9.17) is 9.47 Å². The highest BCUT2D eigenvalue weighted by Crippen LogP contribution is 2.47. The van der Waals surface area contributed by atoms with E-state index in [0.717, 1.165) is 17.7 Å². The van der Waals surface area contributed by atoms with E-state index in [2.05, 4.69) is 6.07 Å². The third-order valence-corrected chi connectivity index (χ3v) is 3.58. The molecule has 1 aromatic rings. The maximum absolute atomic E-state index is 11.5. The summed E-state index contributed by atoms with van der Waals surface area (Å²) >= 11 is 0. The molecule has 3 heteroatoms. The number of rotatable bonds is 2. The average Bonchev–Trinajstić information content (AvgIpc) is 3.16. The molecule has 1 aromatic carbocycles. The summed E-state index contributed by atoms with van der Waals surface area (Å²) < 4.78 is 10.4. The fraction of sp³-hybridized carbons (Fsp3) is 0.462. The lowest BCUT2D eigenvalue weighted by molar-refractivity contribution is 0.0535. The topological polar surface area (TPSA) is 38.8 Å². The predicted octanol–water partition coefficient (Wildman–Crippen LogP) is 2.31. The van der Waals surface area contributed by atoms with Crippen LogP contribution in [0.25, 0.3) is 0 Å². The molecule has 82 valence electrons. The summed E-state index contributed by atoms with van der Waals surface area (Å²) in [5.41, 5.74) is 4.41. The van der Waals surface area contributed by atoms with Crippen LogP contribution in [0.4, 0.5) is 0 Å². The van der Waals surface area contributed by atoms with Gasteiger partial charge < -0.3 is 9.47 Å². The van der Waals surface area contributed by atoms with Crippen LogP contribution in [0.5, 0.6) is 0 Å². The Morgan fingerprint density at radius 2 is 2.00 bits per heavy atom. The van der Waals surface area contributed by atoms with Crippen LogP contribution in [0, 0.1) is 0 Å². The second-order valence-corrected chi connectivity index (χ2v) is 4.81. The summed E-state index contributed by atoms with van der Waals surface area (Å²) in [5, 5.41) is 0. The third kappa shape index (κ3) is 1.21. The number of fused-ring (bicyclic) bond motifs is 1. The Balaban J connectivity index is 1.88. The van der Waals surface area contributed by atoms with E-state index in [1.54, 1.807) is 0 Å². The zero-order valence-electron chi connectivity index (χ0n) is 8.86. The largest absolute Gasteiger partial charge is 0.457 e. The van der Waals surface area contributed by atoms with Gasteiger partial charge in [0.15, 0.2) is 0 Å². The van der Waals surface area contributed by atoms with Gasteiger partial charge in [-0.3, -0.25) is 0 Å². The van der Waals surface area contributed by atoms with E-state index < -0.39 is 0 Å². The number of ether oxygens (including phenoxy) is 2. The monoisotopic (exact) mass is 216 g/mol. The summed E-state index contributed by atoms with van der Waals surface area (Å²) in [7, 11) is 0. The van der Waals surface area contributed by atoms with Crippen molar-refractivity contribution in [3.05, 3.63) is 34.4 Å². The smallest absolute Gasteiger partial charge is 0.338 e. The highest BCUT2D eigenvalue weighted by atomic mass is 16.6. The summed E-state index contributed by atoms with van der Waals surface area (Å²) in [5.74, 6) is 0.484. The lowest BCUT2D eigenvalue weighted by atomic mass is 9.95. The van der Waals surface area contributed by atoms with Gasteiger partial charge in [-0.25, -0.2) is 4.79 Å². The summed E-state index contributed by atoms with van der Waals surface area (Å²) in [6.07, 6.45) is 2.76. The number of benzene rings is 1. The number of epoxide rings is 1. The minimum Gasteiger partial charge on any atom is -0.457 e. The van der Waals surface area contributed by atoms with Gasteiger partial charge in [0.1, 0.15) is 12.7 Å². The Kier molecular flexibility index (Phi) is 1.56. The van der Waals surface area contributed by atoms with Gasteiger partial charge in [0, 0.05) is 5.56 Å². The summed E-state index contributed by atoms with van der Waals surface area (Å²) in [6.45, 7) is 1.26. The van der Waals surface area contributed by atoms with Crippen LogP contribution in [0.3, 0.4) is 0 Å². The van der Waals surface area contributed by atoms with Gasteiger partial charge in [-0.1, -0.05) is 0 Å². The maximum atomic E-state index is 11.5. The van der Waals surface area contributed by atoms with Crippen LogP contribution in [-0.4, -0.2) is 12.6 Å². The second-order valence-electron chi connectivity index (χ2n) is 4.81. The molecule has 3 aliphatic rings. The van der Waals surface area contributed by atoms with Gasteiger partial charge in [0.25, 0.3) is 0 Å². The standard InChI is InChI=1S/C13H12O3/c14-13-10-4-9(7-1-2-7)11(12-6-15-12)3-8(10)5-16-13/h3-4,7,12H,1-2,5-6H2. The van der Waals surface area contributed by atoms with Gasteiger partial charge in [-0.15, -0.1) is 0 Å². The quantitative estimate of drug-likeness (QED) is 0.562. The van der Waals surface area contributed by atoms with Gasteiger partial charge in [-0.2, -0.15) is 0 Å². The third-order valence-electron chi connectivity index (χ3n) is 3.58. The van der Waals surface area contributed by atoms with Crippen LogP contribution in [0.1, 0.15) is 51.9 Å². The summed E-state index contributed by atoms with van der Waals surface area (Å²) in [6, 6.07) is 4.16. The normalized spacial score (nSPS) is 26.5. The number of carbonyl (C=O) groups is 1. The predicted molar refractivity (Wildman–Crippen MR) is 56.2 cm³/mol. The average molecular weight is 216 g/mol. The molecule has 16 heavy (non-hydrogen) atoms. The second kappa shape index (κ2) is 2.86. The molecule has 1 unspecified atom stereocenters. The van der Waals surface area contributed by atoms with Crippen LogP contribution in [-0.2, 0) is 16.1 Å². The number of hydrogen-bond acceptors (Lipinski definition) is 3. The molecule has 0 radical (unpaired) electrons. The van der Waals surface area contributed by atoms with E-state index in [1.165, 1.54) is 24.0 Å². The van der Waals surface area contributed by atoms with E-state index in [9.17, 15) is 4.79 Å². The molecular formula is C13H12O3. The molecule has 1 saturated carbocycles. The molecule has 0 amide bonds. The molecule has 1 saturated heterocycles. The molecule has 1 atom stereocenters. The molecule has 0 spiro atoms. The Morgan fingerprint density at radius 3 is 2.69 bits per heavy atom. The molecule has 0 aromatic heterocycles. The molecule has 0 N–H and O–H groups in total. The Bertz CT molecular complexity index is 484. The van der Waals surface area contributed by atoms with Crippen molar-refractivity contribution in [3.8, 4) is 0 Å². The van der Waals surface area contributed by atoms with Crippen LogP contribution < -0.4 is 0 Å². The van der Waals surface area contributed by atoms with Crippen LogP contribution in [0.15, 0.2) is 12.1 Å². The maximum Gasteiger partial charge on any atom is 0.338 e. The first-order valence-corrected chi connectivity index (χ1v) is 5.78. The van der Waals surface area contributed by atoms with Crippen molar-refractivity contribution in [1.29, 1.82) is 0 Å². The first kappa shape index (κ1) is 8.76. The Labute approximate surface area is 93.4 Å². The minimum absolute atomic E-state index is 0.167. The van der Waals surface area contributed by atoms with E-state index in [1.807, 2.05) is 6.07 Å². The van der Waals surface area contributed by atoms with E-state index >= 15 is 0 Å². The first-order chi connectivity index (χ1) is 7.83. The molecule has 3 nitrogen and oxygen atoms in total. The van der Waals surface area contributed by atoms with Crippen molar-refractivity contribution in [1.82, 2.24) is 0 Å². The van der Waals surface area contributed by atoms with Crippen molar-refractivity contribution in [2.75, 3.05) is 6.61 Å². The van der Waals surface area contributed by atoms with Crippen molar-refractivity contribution in [2.24, 2.45) is 0 Å². The molecular weight excluding hydrogens is 204 g/mol. The Hall–Kier alpha value is -1.35. The van der Waals surface area contributed by atoms with Gasteiger partial charge in [0.2, 0.25) is 0 Å². The van der Waals surface area contributed by atoms with Gasteiger partial charge in [-0.05, 0) is 42.0 Å². The van der Waals surface area contributed by atoms with Crippen molar-refractivity contribution in [2.45, 2.75) is 31.5 Å². The fourth-order valence-corrected chi connectivity index (χ4v) is 2.47. The Morgan fingerprint density at radius 1 is 1.19 bits per heavy atom. The highest BCUT2D eigenvalue weighted by Gasteiger charge is 2.36. The lowest BCUT2D eigenvalue weighted by Gasteiger charge is -2.08. The van der Waals surface area contributed by atoms with Crippen molar-refractivity contribution in [3.63, 3.8) is 0 Å². The van der Waals surface area contributed by atoms with Gasteiger partial charge >= 0.3 is 5.97 Å². The SMILES string of the molecule is O=C1OCc2cc(C3CO3)c(C3CC3)cc21. The number of esters is 1. The molecule has 2 heterocycles. The highest BCUT2D eigenvalue weighted by molar-refractivity contribution is 5.93. The zero-order valence-corrected chi connectivity index (χ0v) is 8.86. The first-order valence-electron chi connectivity index (χ1n) is 5.78. The summed E-state index contributed by atoms with van der Waals surface area (Å²) in [4.78, 5) is 11.5. The number of carbonyl (C=O) groups excluding carboxylic acids is 1. The van der Waals surface area contributed by atoms with Crippen LogP contribution in [0.2, 0.25) is 0 Å². The molecule has 4 rings (SSSR count). The molecule has 2 aliphatic heterocycles. The van der Waals surface area contributed by atoms with Gasteiger partial charge in [0.05, 0.1) is 12.2 Å². The molecule has 1 aliphatic carbocycles.